The molecule has 10 nitrogen and oxygen atoms in total. The Balaban J connectivity index is 2.38. The number of methoxy groups -OCH3 is 6. The van der Waals surface area contributed by atoms with Crippen molar-refractivity contribution in [2.45, 2.75) is 13.8 Å². The molecular weight excluding hydrogens is 520 g/mol. The van der Waals surface area contributed by atoms with Crippen molar-refractivity contribution < 1.29 is 48.2 Å². The van der Waals surface area contributed by atoms with Crippen LogP contribution in [0, 0.1) is 0 Å². The number of hydrogen-bond donors (Lipinski definition) is 2. The van der Waals surface area contributed by atoms with Gasteiger partial charge in [0.05, 0.1) is 53.4 Å². The molecule has 10 heteroatoms. The average Bonchev–Trinajstić information content (AvgIpc) is 2.93. The lowest BCUT2D eigenvalue weighted by Crippen LogP contribution is -2.04. The Kier molecular flexibility index (Phi) is 7.55. The minimum absolute atomic E-state index is 0.0126. The maximum Gasteiger partial charge on any atom is 0.167 e. The van der Waals surface area contributed by atoms with Gasteiger partial charge in [0.25, 0.3) is 0 Å². The molecule has 0 aliphatic carbocycles. The number of aromatic hydroxyl groups is 2. The highest BCUT2D eigenvalue weighted by Gasteiger charge is 2.30. The third-order valence-electron chi connectivity index (χ3n) is 6.81. The molecule has 0 saturated heterocycles. The highest BCUT2D eigenvalue weighted by Crippen LogP contribution is 2.55. The summed E-state index contributed by atoms with van der Waals surface area (Å²) >= 11 is 0. The van der Waals surface area contributed by atoms with Gasteiger partial charge in [-0.25, -0.2) is 0 Å². The van der Waals surface area contributed by atoms with Crippen LogP contribution in [0.15, 0.2) is 24.3 Å². The Morgan fingerprint density at radius 3 is 1.10 bits per heavy atom. The van der Waals surface area contributed by atoms with E-state index in [9.17, 15) is 19.8 Å². The summed E-state index contributed by atoms with van der Waals surface area (Å²) in [7, 11) is 8.63. The fourth-order valence-corrected chi connectivity index (χ4v) is 5.21. The zero-order valence-corrected chi connectivity index (χ0v) is 23.5. The number of carbonyl (C=O) groups excluding carboxylic acids is 2. The fourth-order valence-electron chi connectivity index (χ4n) is 5.21. The van der Waals surface area contributed by atoms with Crippen LogP contribution < -0.4 is 28.4 Å². The second kappa shape index (κ2) is 10.7. The van der Waals surface area contributed by atoms with Crippen LogP contribution in [0.1, 0.15) is 34.6 Å². The van der Waals surface area contributed by atoms with Gasteiger partial charge >= 0.3 is 0 Å². The SMILES string of the molecule is COc1cc(OC)c2c(OC)c(C(C)=O)c(O)cc2c1-c1c(OC)cc(OC)c2c(OC)c(C(C)=O)c(O)cc12. The molecule has 0 saturated carbocycles. The fraction of sp³-hybridized carbons (Fsp3) is 0.267. The second-order valence-corrected chi connectivity index (χ2v) is 8.88. The summed E-state index contributed by atoms with van der Waals surface area (Å²) in [6.07, 6.45) is 0. The molecular formula is C30H30O10. The van der Waals surface area contributed by atoms with Crippen LogP contribution >= 0.6 is 0 Å². The third-order valence-corrected chi connectivity index (χ3v) is 6.81. The number of ketones is 2. The molecule has 0 unspecified atom stereocenters. The number of fused-ring (bicyclic) bond motifs is 2. The molecule has 210 valence electrons. The number of phenolic OH excluding ortho intramolecular Hbond substituents is 2. The monoisotopic (exact) mass is 550 g/mol. The molecule has 0 aromatic heterocycles. The van der Waals surface area contributed by atoms with Gasteiger partial charge in [-0.15, -0.1) is 0 Å². The van der Waals surface area contributed by atoms with Gasteiger partial charge < -0.3 is 38.6 Å². The number of carbonyl (C=O) groups is 2. The zero-order chi connectivity index (χ0) is 29.5. The molecule has 0 amide bonds. The Morgan fingerprint density at radius 2 is 0.850 bits per heavy atom. The molecule has 0 bridgehead atoms. The first-order valence-corrected chi connectivity index (χ1v) is 12.1. The largest absolute Gasteiger partial charge is 0.507 e. The zero-order valence-electron chi connectivity index (χ0n) is 23.5. The first kappa shape index (κ1) is 28.2. The molecule has 4 aromatic rings. The quantitative estimate of drug-likeness (QED) is 0.257. The Labute approximate surface area is 230 Å². The van der Waals surface area contributed by atoms with Crippen molar-refractivity contribution >= 4 is 33.1 Å². The van der Waals surface area contributed by atoms with E-state index in [4.69, 9.17) is 28.4 Å². The third kappa shape index (κ3) is 4.12. The molecule has 0 aliphatic heterocycles. The number of benzene rings is 4. The molecule has 0 atom stereocenters. The van der Waals surface area contributed by atoms with Gasteiger partial charge in [-0.3, -0.25) is 9.59 Å². The molecule has 0 aliphatic rings. The van der Waals surface area contributed by atoms with Crippen molar-refractivity contribution in [1.29, 1.82) is 0 Å². The number of rotatable bonds is 9. The summed E-state index contributed by atoms with van der Waals surface area (Å²) < 4.78 is 34.2. The van der Waals surface area contributed by atoms with E-state index in [1.807, 2.05) is 0 Å². The molecule has 0 spiro atoms. The average molecular weight is 551 g/mol. The van der Waals surface area contributed by atoms with Crippen LogP contribution in [-0.4, -0.2) is 64.4 Å². The van der Waals surface area contributed by atoms with E-state index in [1.54, 1.807) is 12.1 Å². The maximum atomic E-state index is 12.5. The van der Waals surface area contributed by atoms with Crippen molar-refractivity contribution in [2.24, 2.45) is 0 Å². The van der Waals surface area contributed by atoms with Gasteiger partial charge in [0, 0.05) is 34.0 Å². The van der Waals surface area contributed by atoms with Crippen molar-refractivity contribution in [3.63, 3.8) is 0 Å². The van der Waals surface area contributed by atoms with Gasteiger partial charge in [0.15, 0.2) is 11.6 Å². The maximum absolute atomic E-state index is 12.5. The smallest absolute Gasteiger partial charge is 0.167 e. The van der Waals surface area contributed by atoms with Crippen LogP contribution in [0.2, 0.25) is 0 Å². The number of ether oxygens (including phenoxy) is 6. The van der Waals surface area contributed by atoms with E-state index in [1.165, 1.54) is 68.6 Å². The summed E-state index contributed by atoms with van der Waals surface area (Å²) in [6.45, 7) is 2.64. The van der Waals surface area contributed by atoms with Gasteiger partial charge in [0.1, 0.15) is 57.1 Å². The van der Waals surface area contributed by atoms with E-state index < -0.39 is 11.6 Å². The lowest BCUT2D eigenvalue weighted by Gasteiger charge is -2.23. The Morgan fingerprint density at radius 1 is 0.525 bits per heavy atom. The molecule has 0 radical (unpaired) electrons. The molecule has 40 heavy (non-hydrogen) atoms. The highest BCUT2D eigenvalue weighted by atomic mass is 16.5. The van der Waals surface area contributed by atoms with Crippen LogP contribution in [0.5, 0.6) is 46.0 Å². The topological polar surface area (TPSA) is 130 Å². The minimum atomic E-state index is -0.408. The minimum Gasteiger partial charge on any atom is -0.507 e. The standard InChI is InChI=1S/C30H30O10/c1-13(31)23-17(33)9-15-25(19(35-3)11-21(37-5)27(15)29(23)39-7)26-16-10-18(34)24(14(2)32)30(40-8)28(16)22(38-6)12-20(26)36-4/h9-12,33-34H,1-8H3. The van der Waals surface area contributed by atoms with E-state index in [0.29, 0.717) is 55.7 Å². The highest BCUT2D eigenvalue weighted by molar-refractivity contribution is 6.19. The predicted octanol–water partition coefficient (Wildman–Crippen LogP) is 5.53. The van der Waals surface area contributed by atoms with Crippen LogP contribution in [-0.2, 0) is 0 Å². The van der Waals surface area contributed by atoms with E-state index in [2.05, 4.69) is 0 Å². The van der Waals surface area contributed by atoms with Crippen molar-refractivity contribution in [3.05, 3.63) is 35.4 Å². The van der Waals surface area contributed by atoms with E-state index in [-0.39, 0.29) is 34.1 Å². The molecule has 0 fully saturated rings. The Hall–Kier alpha value is -4.86. The van der Waals surface area contributed by atoms with Crippen LogP contribution in [0.3, 0.4) is 0 Å². The predicted molar refractivity (Wildman–Crippen MR) is 150 cm³/mol. The molecule has 0 heterocycles. The van der Waals surface area contributed by atoms with Crippen LogP contribution in [0.4, 0.5) is 0 Å². The van der Waals surface area contributed by atoms with E-state index in [0.717, 1.165) is 0 Å². The molecule has 2 N–H and O–H groups in total. The number of Topliss-reactive ketones (excluding diaryl/α,β-unsaturated/α-hetero) is 2. The van der Waals surface area contributed by atoms with Crippen molar-refractivity contribution in [3.8, 4) is 57.1 Å². The van der Waals surface area contributed by atoms with Gasteiger partial charge in [0.2, 0.25) is 0 Å². The van der Waals surface area contributed by atoms with Crippen molar-refractivity contribution in [2.75, 3.05) is 42.7 Å². The lowest BCUT2D eigenvalue weighted by atomic mass is 9.88. The summed E-state index contributed by atoms with van der Waals surface area (Å²) in [4.78, 5) is 25.0. The van der Waals surface area contributed by atoms with Gasteiger partial charge in [-0.2, -0.15) is 0 Å². The summed E-state index contributed by atoms with van der Waals surface area (Å²) in [6, 6.07) is 6.09. The summed E-state index contributed by atoms with van der Waals surface area (Å²) in [5, 5.41) is 23.6. The summed E-state index contributed by atoms with van der Waals surface area (Å²) in [5.74, 6) is 0.0642. The van der Waals surface area contributed by atoms with Gasteiger partial charge in [-0.05, 0) is 26.0 Å². The van der Waals surface area contributed by atoms with Crippen LogP contribution in [0.25, 0.3) is 32.7 Å². The van der Waals surface area contributed by atoms with E-state index >= 15 is 0 Å². The molecule has 4 aromatic carbocycles. The lowest BCUT2D eigenvalue weighted by molar-refractivity contribution is 0.0999. The number of phenols is 2. The van der Waals surface area contributed by atoms with Crippen molar-refractivity contribution in [1.82, 2.24) is 0 Å². The first-order chi connectivity index (χ1) is 19.1. The normalized spacial score (nSPS) is 10.9. The second-order valence-electron chi connectivity index (χ2n) is 8.88. The number of hydrogen-bond acceptors (Lipinski definition) is 10. The first-order valence-electron chi connectivity index (χ1n) is 12.1. The molecule has 4 rings (SSSR count). The van der Waals surface area contributed by atoms with Gasteiger partial charge in [-0.1, -0.05) is 0 Å². The Bertz CT molecular complexity index is 1560. The summed E-state index contributed by atoms with van der Waals surface area (Å²) in [5.41, 5.74) is 0.815.